The molecule has 0 aromatic rings. The van der Waals surface area contributed by atoms with Crippen molar-refractivity contribution in [1.29, 1.82) is 0 Å². The summed E-state index contributed by atoms with van der Waals surface area (Å²) in [6.45, 7) is 0.366. The largest absolute Gasteiger partial charge is 0.794 e. The molecule has 0 rings (SSSR count). The molecule has 0 spiro atoms. The molecule has 0 bridgehead atoms. The predicted octanol–water partition coefficient (Wildman–Crippen LogP) is -4.33. The Morgan fingerprint density at radius 1 is 1.00 bits per heavy atom. The van der Waals surface area contributed by atoms with Gasteiger partial charge in [-0.1, -0.05) is 0 Å². The van der Waals surface area contributed by atoms with Crippen molar-refractivity contribution < 1.29 is 43.9 Å². The fourth-order valence-electron chi connectivity index (χ4n) is 0.559. The van der Waals surface area contributed by atoms with E-state index in [1.54, 1.807) is 14.1 Å². The lowest BCUT2D eigenvalue weighted by molar-refractivity contribution is -1.22. The van der Waals surface area contributed by atoms with E-state index in [0.717, 1.165) is 0 Å². The van der Waals surface area contributed by atoms with Crippen LogP contribution in [0.1, 0.15) is 0 Å². The summed E-state index contributed by atoms with van der Waals surface area (Å²) in [5, 5.41) is 16.8. The van der Waals surface area contributed by atoms with Gasteiger partial charge >= 0.3 is 9.05 Å². The lowest BCUT2D eigenvalue weighted by atomic mass is 10.8. The molecule has 0 heterocycles. The second-order valence-electron chi connectivity index (χ2n) is 2.94. The van der Waals surface area contributed by atoms with Crippen molar-refractivity contribution in [1.82, 2.24) is 0 Å². The fourth-order valence-corrected chi connectivity index (χ4v) is 0.559. The van der Waals surface area contributed by atoms with E-state index in [-0.39, 0.29) is 31.2 Å². The molecule has 0 aliphatic heterocycles. The summed E-state index contributed by atoms with van der Waals surface area (Å²) in [6.07, 6.45) is 0. The molecular weight excluding hydrogens is 242 g/mol. The number of hydrogen-bond donors (Lipinski definition) is 5. The molecule has 100 valence electrons. The van der Waals surface area contributed by atoms with E-state index in [0.29, 0.717) is 0 Å². The van der Waals surface area contributed by atoms with Gasteiger partial charge in [0.1, 0.15) is 27.3 Å². The van der Waals surface area contributed by atoms with Crippen LogP contribution < -0.4 is 4.80 Å². The normalized spacial score (nSPS) is 12.0. The van der Waals surface area contributed by atoms with Gasteiger partial charge in [0.15, 0.2) is 0 Å². The van der Waals surface area contributed by atoms with E-state index in [1.165, 1.54) is 0 Å². The Labute approximate surface area is 94.3 Å². The fraction of sp³-hybridized carbons (Fsp3) is 1.00. The number of hydrogen-bond acceptors (Lipinski definition) is 8. The van der Waals surface area contributed by atoms with Crippen LogP contribution in [0.15, 0.2) is 0 Å². The van der Waals surface area contributed by atoms with Gasteiger partial charge in [0, 0.05) is 0 Å². The number of aliphatic hydroxyl groups excluding tert-OH is 2. The SMILES string of the molecule is C[N+](C)(OCCO)OCCO.[O-][Si](O)(O)O. The smallest absolute Gasteiger partial charge is 0.404 e. The van der Waals surface area contributed by atoms with Gasteiger partial charge in [0.05, 0.1) is 13.2 Å². The average molecular weight is 261 g/mol. The molecule has 0 saturated carbocycles. The van der Waals surface area contributed by atoms with Crippen LogP contribution in [0.25, 0.3) is 0 Å². The molecule has 16 heavy (non-hydrogen) atoms. The minimum Gasteiger partial charge on any atom is -0.794 e. The number of nitrogens with zero attached hydrogens (tertiary/aromatic N) is 1. The average Bonchev–Trinajstić information content (AvgIpc) is 2.09. The summed E-state index contributed by atoms with van der Waals surface area (Å²) in [7, 11) is -1.52. The second kappa shape index (κ2) is 8.95. The Hall–Kier alpha value is -0.143. The molecule has 0 saturated heterocycles. The molecule has 0 atom stereocenters. The Bertz CT molecular complexity index is 145. The molecular formula is C6H19NO8Si. The first-order valence-electron chi connectivity index (χ1n) is 4.34. The summed E-state index contributed by atoms with van der Waals surface area (Å²) >= 11 is 0. The molecule has 0 unspecified atom stereocenters. The van der Waals surface area contributed by atoms with Crippen molar-refractivity contribution in [2.75, 3.05) is 40.5 Å². The number of aliphatic hydroxyl groups is 2. The van der Waals surface area contributed by atoms with Crippen LogP contribution in [0.5, 0.6) is 0 Å². The first-order chi connectivity index (χ1) is 7.12. The summed E-state index contributed by atoms with van der Waals surface area (Å²) in [5.74, 6) is 0. The van der Waals surface area contributed by atoms with E-state index < -0.39 is 9.05 Å². The van der Waals surface area contributed by atoms with Crippen LogP contribution in [0, 0.1) is 0 Å². The quantitative estimate of drug-likeness (QED) is 0.183. The highest BCUT2D eigenvalue weighted by atomic mass is 28.4. The van der Waals surface area contributed by atoms with Crippen molar-refractivity contribution in [2.24, 2.45) is 0 Å². The molecule has 9 nitrogen and oxygen atoms in total. The van der Waals surface area contributed by atoms with Gasteiger partial charge in [-0.3, -0.25) is 0 Å². The maximum absolute atomic E-state index is 8.91. The van der Waals surface area contributed by atoms with Gasteiger partial charge in [-0.2, -0.15) is 9.68 Å². The molecule has 10 heteroatoms. The zero-order chi connectivity index (χ0) is 13.2. The molecule has 0 aliphatic rings. The lowest BCUT2D eigenvalue weighted by Gasteiger charge is -2.23. The standard InChI is InChI=1S/C6H16NO4.H3O4Si/c1-7(2,10-5-3-8)11-6-4-9;1-5(2,3)4/h8-9H,3-6H2,1-2H3;1-3H/q+1;-1. The minimum atomic E-state index is -4.86. The maximum Gasteiger partial charge on any atom is 0.404 e. The Morgan fingerprint density at radius 3 is 1.44 bits per heavy atom. The van der Waals surface area contributed by atoms with Crippen LogP contribution >= 0.6 is 0 Å². The Balaban J connectivity index is 0. The number of hydroxylamine groups is 4. The zero-order valence-corrected chi connectivity index (χ0v) is 10.2. The van der Waals surface area contributed by atoms with Gasteiger partial charge in [-0.25, -0.2) is 0 Å². The van der Waals surface area contributed by atoms with Crippen molar-refractivity contribution in [3.63, 3.8) is 0 Å². The maximum atomic E-state index is 8.91. The van der Waals surface area contributed by atoms with E-state index in [2.05, 4.69) is 0 Å². The van der Waals surface area contributed by atoms with Crippen molar-refractivity contribution in [3.8, 4) is 0 Å². The predicted molar refractivity (Wildman–Crippen MR) is 50.6 cm³/mol. The highest BCUT2D eigenvalue weighted by Gasteiger charge is 2.17. The third-order valence-corrected chi connectivity index (χ3v) is 0.987. The van der Waals surface area contributed by atoms with E-state index >= 15 is 0 Å². The molecule has 0 aliphatic carbocycles. The monoisotopic (exact) mass is 261 g/mol. The first kappa shape index (κ1) is 18.2. The highest BCUT2D eigenvalue weighted by molar-refractivity contribution is 6.44. The highest BCUT2D eigenvalue weighted by Crippen LogP contribution is 1.98. The van der Waals surface area contributed by atoms with Gasteiger partial charge < -0.3 is 29.4 Å². The molecule has 0 fully saturated rings. The third-order valence-electron chi connectivity index (χ3n) is 0.987. The van der Waals surface area contributed by atoms with Crippen molar-refractivity contribution >= 4 is 9.05 Å². The van der Waals surface area contributed by atoms with Crippen LogP contribution in [0.4, 0.5) is 0 Å². The van der Waals surface area contributed by atoms with Gasteiger partial charge in [0.2, 0.25) is 0 Å². The summed E-state index contributed by atoms with van der Waals surface area (Å²) in [5.41, 5.74) is 0. The van der Waals surface area contributed by atoms with Crippen LogP contribution in [0.3, 0.4) is 0 Å². The first-order valence-corrected chi connectivity index (χ1v) is 6.09. The topological polar surface area (TPSA) is 143 Å². The summed E-state index contributed by atoms with van der Waals surface area (Å²) in [4.78, 5) is 40.5. The molecule has 5 N–H and O–H groups in total. The lowest BCUT2D eigenvalue weighted by Crippen LogP contribution is -2.50. The molecule has 0 aromatic heterocycles. The zero-order valence-electron chi connectivity index (χ0n) is 9.24. The van der Waals surface area contributed by atoms with Crippen LogP contribution in [0.2, 0.25) is 0 Å². The van der Waals surface area contributed by atoms with E-state index in [9.17, 15) is 0 Å². The summed E-state index contributed by atoms with van der Waals surface area (Å²) in [6, 6.07) is 0. The third kappa shape index (κ3) is 23.6. The van der Waals surface area contributed by atoms with E-state index in [1.807, 2.05) is 0 Å². The van der Waals surface area contributed by atoms with Gasteiger partial charge in [-0.15, -0.1) is 0 Å². The van der Waals surface area contributed by atoms with Crippen LogP contribution in [-0.4, -0.2) is 79.0 Å². The Morgan fingerprint density at radius 2 is 1.25 bits per heavy atom. The van der Waals surface area contributed by atoms with Crippen molar-refractivity contribution in [2.45, 2.75) is 0 Å². The molecule has 0 aromatic carbocycles. The molecule has 0 amide bonds. The second-order valence-corrected chi connectivity index (χ2v) is 4.09. The summed E-state index contributed by atoms with van der Waals surface area (Å²) < 4.78 is 0. The van der Waals surface area contributed by atoms with Crippen LogP contribution in [-0.2, 0) is 9.68 Å². The number of rotatable bonds is 6. The number of quaternary nitrogens is 1. The van der Waals surface area contributed by atoms with E-state index in [4.69, 9.17) is 39.1 Å². The van der Waals surface area contributed by atoms with Gasteiger partial charge in [-0.05, 0) is 4.81 Å². The molecule has 0 radical (unpaired) electrons. The Kier molecular flexibility index (Phi) is 10.2. The van der Waals surface area contributed by atoms with Crippen molar-refractivity contribution in [3.05, 3.63) is 0 Å². The minimum absolute atomic E-state index is 0.0375. The van der Waals surface area contributed by atoms with Gasteiger partial charge in [0.25, 0.3) is 0 Å².